The molecule has 8 nitrogen and oxygen atoms in total. The van der Waals surface area contributed by atoms with Gasteiger partial charge >= 0.3 is 5.97 Å². The zero-order valence-electron chi connectivity index (χ0n) is 17.6. The fourth-order valence-corrected chi connectivity index (χ4v) is 3.75. The molecule has 0 spiro atoms. The molecule has 0 amide bonds. The molecule has 0 aliphatic rings. The van der Waals surface area contributed by atoms with Gasteiger partial charge in [-0.25, -0.2) is 9.78 Å². The lowest BCUT2D eigenvalue weighted by molar-refractivity contribution is -0.139. The van der Waals surface area contributed by atoms with Crippen molar-refractivity contribution in [1.29, 1.82) is 0 Å². The molecule has 1 heterocycles. The van der Waals surface area contributed by atoms with Gasteiger partial charge in [-0.05, 0) is 52.7 Å². The molecule has 0 unspecified atom stereocenters. The van der Waals surface area contributed by atoms with Gasteiger partial charge in [0.2, 0.25) is 0 Å². The van der Waals surface area contributed by atoms with E-state index in [1.807, 2.05) is 19.9 Å². The molecule has 0 saturated carbocycles. The smallest absolute Gasteiger partial charge is 0.341 e. The van der Waals surface area contributed by atoms with Crippen molar-refractivity contribution in [1.82, 2.24) is 9.66 Å². The number of hydrogen-bond donors (Lipinski definition) is 1. The van der Waals surface area contributed by atoms with Gasteiger partial charge in [-0.3, -0.25) is 4.79 Å². The molecule has 0 aliphatic carbocycles. The minimum absolute atomic E-state index is 0.0117. The van der Waals surface area contributed by atoms with E-state index in [9.17, 15) is 9.59 Å². The first kappa shape index (κ1) is 23.9. The van der Waals surface area contributed by atoms with Crippen LogP contribution in [-0.2, 0) is 4.79 Å². The molecule has 0 bridgehead atoms. The van der Waals surface area contributed by atoms with Crippen LogP contribution in [0.3, 0.4) is 0 Å². The number of carbonyl (C=O) groups is 1. The number of carboxylic acids is 1. The number of halogens is 2. The monoisotopic (exact) mass is 565 g/mol. The second-order valence-corrected chi connectivity index (χ2v) is 8.78. The maximum atomic E-state index is 13.2. The van der Waals surface area contributed by atoms with Crippen molar-refractivity contribution in [3.8, 4) is 11.5 Å². The summed E-state index contributed by atoms with van der Waals surface area (Å²) in [6.07, 6.45) is 2.31. The zero-order chi connectivity index (χ0) is 23.4. The van der Waals surface area contributed by atoms with Crippen LogP contribution in [0.25, 0.3) is 10.9 Å². The Labute approximate surface area is 201 Å². The summed E-state index contributed by atoms with van der Waals surface area (Å²) in [5.74, 6) is 0.0894. The van der Waals surface area contributed by atoms with Gasteiger partial charge < -0.3 is 14.6 Å². The number of aromatic nitrogens is 2. The first-order valence-corrected chi connectivity index (χ1v) is 11.3. The molecule has 32 heavy (non-hydrogen) atoms. The largest absolute Gasteiger partial charge is 0.493 e. The maximum Gasteiger partial charge on any atom is 0.341 e. The van der Waals surface area contributed by atoms with Crippen molar-refractivity contribution in [3.63, 3.8) is 0 Å². The average molecular weight is 567 g/mol. The van der Waals surface area contributed by atoms with Crippen LogP contribution >= 0.6 is 31.9 Å². The topological polar surface area (TPSA) is 103 Å². The summed E-state index contributed by atoms with van der Waals surface area (Å²) < 4.78 is 13.3. The highest BCUT2D eigenvalue weighted by Gasteiger charge is 2.16. The van der Waals surface area contributed by atoms with E-state index in [2.05, 4.69) is 41.9 Å². The van der Waals surface area contributed by atoms with E-state index in [1.165, 1.54) is 18.0 Å². The molecule has 2 aromatic carbocycles. The number of fused-ring (bicyclic) bond motifs is 1. The Morgan fingerprint density at radius 2 is 2.03 bits per heavy atom. The van der Waals surface area contributed by atoms with Crippen LogP contribution in [0.4, 0.5) is 0 Å². The highest BCUT2D eigenvalue weighted by Crippen LogP contribution is 2.33. The standard InChI is InChI=1S/C22H21Br2N3O5/c1-4-12(2)21-26-17-6-5-14(23)8-15(17)22(30)27(21)25-10-13-7-18(31-3)19(9-16(13)24)32-11-20(28)29/h5-10,12H,4,11H2,1-3H3,(H,28,29)/t12-/m1/s1. The third-order valence-corrected chi connectivity index (χ3v) is 6.01. The molecule has 0 fully saturated rings. The Morgan fingerprint density at radius 1 is 1.28 bits per heavy atom. The van der Waals surface area contributed by atoms with Crippen LogP contribution in [0.5, 0.6) is 11.5 Å². The number of rotatable bonds is 8. The van der Waals surface area contributed by atoms with E-state index in [1.54, 1.807) is 24.3 Å². The van der Waals surface area contributed by atoms with Crippen LogP contribution in [0.1, 0.15) is 37.6 Å². The lowest BCUT2D eigenvalue weighted by Crippen LogP contribution is -2.23. The maximum absolute atomic E-state index is 13.2. The van der Waals surface area contributed by atoms with Crippen molar-refractivity contribution in [2.24, 2.45) is 5.10 Å². The van der Waals surface area contributed by atoms with Crippen molar-refractivity contribution in [2.45, 2.75) is 26.2 Å². The number of nitrogens with zero attached hydrogens (tertiary/aromatic N) is 3. The summed E-state index contributed by atoms with van der Waals surface area (Å²) in [6.45, 7) is 3.52. The molecule has 0 radical (unpaired) electrons. The minimum Gasteiger partial charge on any atom is -0.493 e. The third kappa shape index (κ3) is 5.18. The summed E-state index contributed by atoms with van der Waals surface area (Å²) in [6, 6.07) is 8.61. The first-order valence-electron chi connectivity index (χ1n) is 9.73. The molecular weight excluding hydrogens is 546 g/mol. The van der Waals surface area contributed by atoms with E-state index in [-0.39, 0.29) is 17.2 Å². The quantitative estimate of drug-likeness (QED) is 0.393. The van der Waals surface area contributed by atoms with Crippen LogP contribution in [0.15, 0.2) is 49.2 Å². The lowest BCUT2D eigenvalue weighted by atomic mass is 10.1. The van der Waals surface area contributed by atoms with Crippen molar-refractivity contribution < 1.29 is 19.4 Å². The number of benzene rings is 2. The zero-order valence-corrected chi connectivity index (χ0v) is 20.8. The van der Waals surface area contributed by atoms with Gasteiger partial charge in [-0.2, -0.15) is 9.78 Å². The number of aliphatic carboxylic acids is 1. The summed E-state index contributed by atoms with van der Waals surface area (Å²) in [5, 5.41) is 13.7. The molecule has 1 N–H and O–H groups in total. The molecule has 1 atom stereocenters. The van der Waals surface area contributed by atoms with Crippen LogP contribution in [-0.4, -0.2) is 40.7 Å². The van der Waals surface area contributed by atoms with Gasteiger partial charge in [0, 0.05) is 20.4 Å². The second kappa shape index (κ2) is 10.3. The van der Waals surface area contributed by atoms with Gasteiger partial charge in [0.25, 0.3) is 5.56 Å². The van der Waals surface area contributed by atoms with Crippen molar-refractivity contribution >= 4 is 54.9 Å². The van der Waals surface area contributed by atoms with E-state index in [4.69, 9.17) is 14.6 Å². The van der Waals surface area contributed by atoms with Crippen LogP contribution in [0, 0.1) is 0 Å². The molecule has 10 heteroatoms. The van der Waals surface area contributed by atoms with Gasteiger partial charge in [-0.15, -0.1) is 0 Å². The highest BCUT2D eigenvalue weighted by molar-refractivity contribution is 9.10. The number of carboxylic acid groups (broad SMARTS) is 1. The van der Waals surface area contributed by atoms with Crippen molar-refractivity contribution in [3.05, 3.63) is 61.0 Å². The minimum atomic E-state index is -1.10. The van der Waals surface area contributed by atoms with Gasteiger partial charge in [0.05, 0.1) is 24.2 Å². The fourth-order valence-electron chi connectivity index (χ4n) is 2.96. The van der Waals surface area contributed by atoms with Crippen LogP contribution < -0.4 is 15.0 Å². The highest BCUT2D eigenvalue weighted by atomic mass is 79.9. The van der Waals surface area contributed by atoms with E-state index >= 15 is 0 Å². The summed E-state index contributed by atoms with van der Waals surface area (Å²) in [4.78, 5) is 28.7. The first-order chi connectivity index (χ1) is 15.2. The molecule has 3 rings (SSSR count). The van der Waals surface area contributed by atoms with E-state index < -0.39 is 12.6 Å². The molecule has 3 aromatic rings. The third-order valence-electron chi connectivity index (χ3n) is 4.83. The number of hydrogen-bond acceptors (Lipinski definition) is 6. The fraction of sp³-hybridized carbons (Fsp3) is 0.273. The van der Waals surface area contributed by atoms with Crippen molar-refractivity contribution in [2.75, 3.05) is 13.7 Å². The Balaban J connectivity index is 2.10. The average Bonchev–Trinajstić information content (AvgIpc) is 2.77. The predicted octanol–water partition coefficient (Wildman–Crippen LogP) is 4.79. The Kier molecular flexibility index (Phi) is 7.68. The molecule has 1 aromatic heterocycles. The van der Waals surface area contributed by atoms with Gasteiger partial charge in [0.1, 0.15) is 5.82 Å². The number of ether oxygens (including phenoxy) is 2. The normalized spacial score (nSPS) is 12.3. The second-order valence-electron chi connectivity index (χ2n) is 7.01. The van der Waals surface area contributed by atoms with Gasteiger partial charge in [-0.1, -0.05) is 29.8 Å². The van der Waals surface area contributed by atoms with E-state index in [0.29, 0.717) is 32.5 Å². The summed E-state index contributed by atoms with van der Waals surface area (Å²) in [7, 11) is 1.45. The number of methoxy groups -OCH3 is 1. The van der Waals surface area contributed by atoms with Crippen LogP contribution in [0.2, 0.25) is 0 Å². The SMILES string of the molecule is CC[C@@H](C)c1nc2ccc(Br)cc2c(=O)n1N=Cc1cc(OC)c(OCC(=O)O)cc1Br. The Bertz CT molecular complexity index is 1260. The lowest BCUT2D eigenvalue weighted by Gasteiger charge is -2.14. The molecular formula is C22H21Br2N3O5. The Hall–Kier alpha value is -2.72. The predicted molar refractivity (Wildman–Crippen MR) is 129 cm³/mol. The summed E-state index contributed by atoms with van der Waals surface area (Å²) in [5.41, 5.74) is 0.955. The Morgan fingerprint density at radius 3 is 2.69 bits per heavy atom. The molecule has 0 aliphatic heterocycles. The summed E-state index contributed by atoms with van der Waals surface area (Å²) >= 11 is 6.84. The molecule has 168 valence electrons. The van der Waals surface area contributed by atoms with Gasteiger partial charge in [0.15, 0.2) is 18.1 Å². The molecule has 0 saturated heterocycles. The van der Waals surface area contributed by atoms with E-state index in [0.717, 1.165) is 10.9 Å².